The molecule has 7 nitrogen and oxygen atoms in total. The van der Waals surface area contributed by atoms with Crippen LogP contribution in [-0.4, -0.2) is 42.9 Å². The molecule has 1 aliphatic carbocycles. The van der Waals surface area contributed by atoms with E-state index in [9.17, 15) is 14.4 Å². The fourth-order valence-electron chi connectivity index (χ4n) is 4.04. The van der Waals surface area contributed by atoms with Crippen molar-refractivity contribution in [3.63, 3.8) is 0 Å². The summed E-state index contributed by atoms with van der Waals surface area (Å²) in [6, 6.07) is 4.21. The molecule has 3 atom stereocenters. The van der Waals surface area contributed by atoms with Crippen molar-refractivity contribution < 1.29 is 23.9 Å². The number of allylic oxidation sites excluding steroid dienone is 2. The molecule has 2 aliphatic rings. The standard InChI is InChI=1S/C22H28N2O5/c1-13(2)11-18(24-21(26)15-7-5-6-8-16(15)22(24)27)20(25)23-17-12-14(28-3)9-10-19(17)29-4/h5-6,9-10,12-13,15-16,18H,7-8,11H2,1-4H3,(H,23,25). The van der Waals surface area contributed by atoms with Crippen LogP contribution in [0.5, 0.6) is 11.5 Å². The van der Waals surface area contributed by atoms with E-state index in [1.54, 1.807) is 18.2 Å². The SMILES string of the molecule is COc1ccc(OC)c(NC(=O)C(CC(C)C)N2C(=O)C3CC=CCC3C2=O)c1. The Hall–Kier alpha value is -2.83. The van der Waals surface area contributed by atoms with E-state index < -0.39 is 11.9 Å². The van der Waals surface area contributed by atoms with Crippen LogP contribution in [0.4, 0.5) is 5.69 Å². The number of hydrogen-bond donors (Lipinski definition) is 1. The van der Waals surface area contributed by atoms with Gasteiger partial charge >= 0.3 is 0 Å². The van der Waals surface area contributed by atoms with Gasteiger partial charge in [0.1, 0.15) is 17.5 Å². The number of carbonyl (C=O) groups is 3. The number of amides is 3. The first-order valence-electron chi connectivity index (χ1n) is 9.92. The van der Waals surface area contributed by atoms with Crippen LogP contribution in [0.3, 0.4) is 0 Å². The Labute approximate surface area is 171 Å². The third-order valence-corrected chi connectivity index (χ3v) is 5.52. The number of nitrogens with one attached hydrogen (secondary N) is 1. The third kappa shape index (κ3) is 4.13. The molecule has 1 heterocycles. The molecule has 0 radical (unpaired) electrons. The van der Waals surface area contributed by atoms with Crippen LogP contribution < -0.4 is 14.8 Å². The summed E-state index contributed by atoms with van der Waals surface area (Å²) in [7, 11) is 3.04. The first kappa shape index (κ1) is 20.9. The lowest BCUT2D eigenvalue weighted by Gasteiger charge is -2.27. The normalized spacial score (nSPS) is 21.9. The van der Waals surface area contributed by atoms with Crippen LogP contribution in [0.1, 0.15) is 33.1 Å². The predicted molar refractivity (Wildman–Crippen MR) is 109 cm³/mol. The number of fused-ring (bicyclic) bond motifs is 1. The fraction of sp³-hybridized carbons (Fsp3) is 0.500. The molecule has 1 fully saturated rings. The summed E-state index contributed by atoms with van der Waals surface area (Å²) in [5, 5.41) is 2.84. The number of methoxy groups -OCH3 is 2. The summed E-state index contributed by atoms with van der Waals surface area (Å²) < 4.78 is 10.6. The van der Waals surface area contributed by atoms with Gasteiger partial charge in [0.15, 0.2) is 0 Å². The molecule has 1 aliphatic heterocycles. The van der Waals surface area contributed by atoms with E-state index in [2.05, 4.69) is 5.32 Å². The molecule has 0 aromatic heterocycles. The quantitative estimate of drug-likeness (QED) is 0.562. The molecule has 3 amide bonds. The molecule has 0 bridgehead atoms. The lowest BCUT2D eigenvalue weighted by molar-refractivity contribution is -0.147. The van der Waals surface area contributed by atoms with Gasteiger partial charge in [0.05, 0.1) is 31.7 Å². The van der Waals surface area contributed by atoms with Gasteiger partial charge in [-0.25, -0.2) is 0 Å². The minimum Gasteiger partial charge on any atom is -0.497 e. The van der Waals surface area contributed by atoms with Crippen LogP contribution in [0.2, 0.25) is 0 Å². The number of hydrogen-bond acceptors (Lipinski definition) is 5. The first-order chi connectivity index (χ1) is 13.9. The van der Waals surface area contributed by atoms with Crippen molar-refractivity contribution in [1.82, 2.24) is 4.90 Å². The Morgan fingerprint density at radius 1 is 1.10 bits per heavy atom. The molecule has 0 spiro atoms. The second-order valence-corrected chi connectivity index (χ2v) is 7.90. The van der Waals surface area contributed by atoms with Gasteiger partial charge in [-0.3, -0.25) is 19.3 Å². The van der Waals surface area contributed by atoms with Gasteiger partial charge in [0, 0.05) is 6.07 Å². The number of benzene rings is 1. The van der Waals surface area contributed by atoms with Crippen LogP contribution >= 0.6 is 0 Å². The van der Waals surface area contributed by atoms with Crippen LogP contribution in [0.15, 0.2) is 30.4 Å². The summed E-state index contributed by atoms with van der Waals surface area (Å²) in [4.78, 5) is 40.4. The largest absolute Gasteiger partial charge is 0.497 e. The molecule has 1 N–H and O–H groups in total. The maximum Gasteiger partial charge on any atom is 0.247 e. The van der Waals surface area contributed by atoms with E-state index >= 15 is 0 Å². The zero-order valence-corrected chi connectivity index (χ0v) is 17.3. The minimum atomic E-state index is -0.864. The molecule has 0 saturated carbocycles. The smallest absolute Gasteiger partial charge is 0.247 e. The highest BCUT2D eigenvalue weighted by molar-refractivity contribution is 6.10. The Balaban J connectivity index is 1.89. The van der Waals surface area contributed by atoms with Crippen LogP contribution in [-0.2, 0) is 14.4 Å². The molecule has 156 valence electrons. The van der Waals surface area contributed by atoms with Gasteiger partial charge in [0.2, 0.25) is 17.7 Å². The summed E-state index contributed by atoms with van der Waals surface area (Å²) in [5.41, 5.74) is 0.434. The van der Waals surface area contributed by atoms with Crippen molar-refractivity contribution >= 4 is 23.4 Å². The third-order valence-electron chi connectivity index (χ3n) is 5.52. The molecular formula is C22H28N2O5. The summed E-state index contributed by atoms with van der Waals surface area (Å²) in [6.45, 7) is 3.93. The highest BCUT2D eigenvalue weighted by Crippen LogP contribution is 2.37. The number of carbonyl (C=O) groups excluding carboxylic acids is 3. The summed E-state index contributed by atoms with van der Waals surface area (Å²) in [6.07, 6.45) is 5.36. The average molecular weight is 400 g/mol. The molecule has 3 rings (SSSR count). The minimum absolute atomic E-state index is 0.124. The van der Waals surface area contributed by atoms with Crippen molar-refractivity contribution in [1.29, 1.82) is 0 Å². The Kier molecular flexibility index (Phi) is 6.25. The van der Waals surface area contributed by atoms with E-state index in [4.69, 9.17) is 9.47 Å². The summed E-state index contributed by atoms with van der Waals surface area (Å²) >= 11 is 0. The van der Waals surface area contributed by atoms with Gasteiger partial charge in [-0.1, -0.05) is 26.0 Å². The van der Waals surface area contributed by atoms with Crippen molar-refractivity contribution in [2.45, 2.75) is 39.2 Å². The van der Waals surface area contributed by atoms with Crippen molar-refractivity contribution in [2.75, 3.05) is 19.5 Å². The van der Waals surface area contributed by atoms with Crippen molar-refractivity contribution in [3.8, 4) is 11.5 Å². The molecule has 1 saturated heterocycles. The highest BCUT2D eigenvalue weighted by Gasteiger charge is 2.51. The Bertz CT molecular complexity index is 806. The van der Waals surface area contributed by atoms with Gasteiger partial charge in [-0.2, -0.15) is 0 Å². The van der Waals surface area contributed by atoms with E-state index in [0.717, 1.165) is 0 Å². The number of likely N-dealkylation sites (tertiary alicyclic amines) is 1. The zero-order valence-electron chi connectivity index (χ0n) is 17.3. The Morgan fingerprint density at radius 2 is 1.72 bits per heavy atom. The molecule has 3 unspecified atom stereocenters. The molecule has 7 heteroatoms. The van der Waals surface area contributed by atoms with E-state index in [0.29, 0.717) is 36.4 Å². The maximum atomic E-state index is 13.2. The lowest BCUT2D eigenvalue weighted by atomic mass is 9.85. The van der Waals surface area contributed by atoms with Gasteiger partial charge in [-0.05, 0) is 37.3 Å². The second-order valence-electron chi connectivity index (χ2n) is 7.90. The van der Waals surface area contributed by atoms with Crippen molar-refractivity contribution in [3.05, 3.63) is 30.4 Å². The van der Waals surface area contributed by atoms with Crippen LogP contribution in [0, 0.1) is 17.8 Å². The fourth-order valence-corrected chi connectivity index (χ4v) is 4.04. The van der Waals surface area contributed by atoms with E-state index in [1.165, 1.54) is 19.1 Å². The number of anilines is 1. The summed E-state index contributed by atoms with van der Waals surface area (Å²) in [5.74, 6) is -0.461. The molecule has 29 heavy (non-hydrogen) atoms. The molecule has 1 aromatic carbocycles. The van der Waals surface area contributed by atoms with E-state index in [-0.39, 0.29) is 29.6 Å². The molecular weight excluding hydrogens is 372 g/mol. The zero-order chi connectivity index (χ0) is 21.1. The second kappa shape index (κ2) is 8.68. The molecule has 1 aromatic rings. The number of rotatable bonds is 7. The number of nitrogens with zero attached hydrogens (tertiary/aromatic N) is 1. The number of ether oxygens (including phenoxy) is 2. The van der Waals surface area contributed by atoms with Crippen LogP contribution in [0.25, 0.3) is 0 Å². The highest BCUT2D eigenvalue weighted by atomic mass is 16.5. The lowest BCUT2D eigenvalue weighted by Crippen LogP contribution is -2.48. The Morgan fingerprint density at radius 3 is 2.24 bits per heavy atom. The van der Waals surface area contributed by atoms with Gasteiger partial charge in [-0.15, -0.1) is 0 Å². The van der Waals surface area contributed by atoms with Crippen molar-refractivity contribution in [2.24, 2.45) is 17.8 Å². The van der Waals surface area contributed by atoms with Gasteiger partial charge in [0.25, 0.3) is 0 Å². The topological polar surface area (TPSA) is 84.9 Å². The first-order valence-corrected chi connectivity index (χ1v) is 9.92. The predicted octanol–water partition coefficient (Wildman–Crippen LogP) is 3.01. The maximum absolute atomic E-state index is 13.2. The number of imide groups is 1. The monoisotopic (exact) mass is 400 g/mol. The average Bonchev–Trinajstić information content (AvgIpc) is 2.96. The van der Waals surface area contributed by atoms with E-state index in [1.807, 2.05) is 26.0 Å². The van der Waals surface area contributed by atoms with Gasteiger partial charge < -0.3 is 14.8 Å².